The number of aryl methyl sites for hydroxylation is 1. The third kappa shape index (κ3) is 3.63. The second kappa shape index (κ2) is 7.27. The standard InChI is InChI=1S/C19H20N4S/c1-22(2)16-12-10-15(11-13-16)7-6-14-20-21-19-23(3)17-8-4-5-9-18(17)24-19/h4-14H,1-3H3/b7-6+,20-14-,21-19-. The van der Waals surface area contributed by atoms with Crippen molar-refractivity contribution in [1.82, 2.24) is 4.57 Å². The van der Waals surface area contributed by atoms with Crippen LogP contribution in [-0.2, 0) is 7.05 Å². The maximum atomic E-state index is 4.30. The zero-order valence-corrected chi connectivity index (χ0v) is 14.9. The van der Waals surface area contributed by atoms with Gasteiger partial charge in [0.15, 0.2) is 0 Å². The van der Waals surface area contributed by atoms with E-state index in [2.05, 4.69) is 56.1 Å². The normalized spacial score (nSPS) is 12.7. The molecule has 0 aliphatic rings. The van der Waals surface area contributed by atoms with Crippen molar-refractivity contribution in [1.29, 1.82) is 0 Å². The SMILES string of the molecule is CN(C)c1ccc(/C=C/C=N\N=c2/sc3ccccc3n2C)cc1. The third-order valence-electron chi connectivity index (χ3n) is 3.71. The third-order valence-corrected chi connectivity index (χ3v) is 4.81. The van der Waals surface area contributed by atoms with Gasteiger partial charge in [0.25, 0.3) is 0 Å². The lowest BCUT2D eigenvalue weighted by Gasteiger charge is -2.11. The molecule has 0 N–H and O–H groups in total. The molecule has 24 heavy (non-hydrogen) atoms. The van der Waals surface area contributed by atoms with Crippen LogP contribution in [0, 0.1) is 0 Å². The summed E-state index contributed by atoms with van der Waals surface area (Å²) in [4.78, 5) is 2.97. The van der Waals surface area contributed by atoms with Gasteiger partial charge in [-0.1, -0.05) is 41.7 Å². The number of nitrogens with zero attached hydrogens (tertiary/aromatic N) is 4. The van der Waals surface area contributed by atoms with Gasteiger partial charge < -0.3 is 9.47 Å². The number of benzene rings is 2. The van der Waals surface area contributed by atoms with Crippen LogP contribution in [0.15, 0.2) is 64.8 Å². The van der Waals surface area contributed by atoms with E-state index >= 15 is 0 Å². The molecule has 0 radical (unpaired) electrons. The van der Waals surface area contributed by atoms with E-state index in [1.165, 1.54) is 15.9 Å². The fourth-order valence-corrected chi connectivity index (χ4v) is 3.31. The quantitative estimate of drug-likeness (QED) is 0.525. The Balaban J connectivity index is 1.72. The first kappa shape index (κ1) is 16.2. The van der Waals surface area contributed by atoms with Crippen molar-refractivity contribution in [3.8, 4) is 0 Å². The van der Waals surface area contributed by atoms with Gasteiger partial charge >= 0.3 is 0 Å². The number of thiazole rings is 1. The second-order valence-corrected chi connectivity index (χ2v) is 6.63. The van der Waals surface area contributed by atoms with E-state index in [1.807, 2.05) is 45.4 Å². The van der Waals surface area contributed by atoms with Crippen molar-refractivity contribution in [3.63, 3.8) is 0 Å². The summed E-state index contributed by atoms with van der Waals surface area (Å²) in [5.74, 6) is 0. The number of anilines is 1. The average molecular weight is 336 g/mol. The Morgan fingerprint density at radius 1 is 1.04 bits per heavy atom. The van der Waals surface area contributed by atoms with Crippen molar-refractivity contribution in [2.45, 2.75) is 0 Å². The summed E-state index contributed by atoms with van der Waals surface area (Å²) in [5.41, 5.74) is 3.50. The van der Waals surface area contributed by atoms with Gasteiger partial charge in [0.2, 0.25) is 4.80 Å². The van der Waals surface area contributed by atoms with Crippen LogP contribution >= 0.6 is 11.3 Å². The summed E-state index contributed by atoms with van der Waals surface area (Å²) in [7, 11) is 6.08. The van der Waals surface area contributed by atoms with Crippen molar-refractivity contribution >= 4 is 39.5 Å². The van der Waals surface area contributed by atoms with Gasteiger partial charge in [-0.3, -0.25) is 0 Å². The highest BCUT2D eigenvalue weighted by molar-refractivity contribution is 7.16. The van der Waals surface area contributed by atoms with Gasteiger partial charge in [-0.15, -0.1) is 5.10 Å². The van der Waals surface area contributed by atoms with Crippen molar-refractivity contribution in [2.75, 3.05) is 19.0 Å². The molecule has 0 spiro atoms. The fraction of sp³-hybridized carbons (Fsp3) is 0.158. The number of allylic oxidation sites excluding steroid dienone is 1. The number of para-hydroxylation sites is 1. The van der Waals surface area contributed by atoms with E-state index in [0.29, 0.717) is 0 Å². The Morgan fingerprint density at radius 2 is 1.79 bits per heavy atom. The predicted octanol–water partition coefficient (Wildman–Crippen LogP) is 3.91. The number of rotatable bonds is 4. The molecule has 2 aromatic carbocycles. The smallest absolute Gasteiger partial charge is 0.211 e. The zero-order valence-electron chi connectivity index (χ0n) is 14.0. The molecule has 1 heterocycles. The Kier molecular flexibility index (Phi) is 4.91. The second-order valence-electron chi connectivity index (χ2n) is 5.62. The van der Waals surface area contributed by atoms with Crippen LogP contribution in [-0.4, -0.2) is 24.9 Å². The highest BCUT2D eigenvalue weighted by Crippen LogP contribution is 2.15. The molecule has 0 aliphatic carbocycles. The van der Waals surface area contributed by atoms with Crippen LogP contribution in [0.3, 0.4) is 0 Å². The molecule has 0 unspecified atom stereocenters. The number of aromatic nitrogens is 1. The summed E-state index contributed by atoms with van der Waals surface area (Å²) in [6.07, 6.45) is 5.63. The highest BCUT2D eigenvalue weighted by atomic mass is 32.1. The van der Waals surface area contributed by atoms with Crippen LogP contribution in [0.2, 0.25) is 0 Å². The molecule has 0 aliphatic heterocycles. The largest absolute Gasteiger partial charge is 0.378 e. The minimum absolute atomic E-state index is 0.885. The molecule has 122 valence electrons. The van der Waals surface area contributed by atoms with Crippen LogP contribution < -0.4 is 9.70 Å². The monoisotopic (exact) mass is 336 g/mol. The highest BCUT2D eigenvalue weighted by Gasteiger charge is 2.00. The molecule has 0 saturated carbocycles. The van der Waals surface area contributed by atoms with Crippen molar-refractivity contribution in [2.24, 2.45) is 17.3 Å². The number of hydrogen-bond donors (Lipinski definition) is 0. The topological polar surface area (TPSA) is 32.9 Å². The first-order valence-corrected chi connectivity index (χ1v) is 8.52. The first-order valence-electron chi connectivity index (χ1n) is 7.71. The Bertz CT molecular complexity index is 943. The van der Waals surface area contributed by atoms with Gasteiger partial charge in [-0.25, -0.2) is 0 Å². The van der Waals surface area contributed by atoms with Crippen LogP contribution in [0.1, 0.15) is 5.56 Å². The van der Waals surface area contributed by atoms with E-state index in [9.17, 15) is 0 Å². The summed E-state index contributed by atoms with van der Waals surface area (Å²) in [6, 6.07) is 16.6. The molecule has 0 atom stereocenters. The molecule has 4 nitrogen and oxygen atoms in total. The van der Waals surface area contributed by atoms with Gasteiger partial charge in [-0.05, 0) is 35.9 Å². The van der Waals surface area contributed by atoms with E-state index in [1.54, 1.807) is 17.6 Å². The van der Waals surface area contributed by atoms with Crippen LogP contribution in [0.5, 0.6) is 0 Å². The van der Waals surface area contributed by atoms with Crippen LogP contribution in [0.4, 0.5) is 5.69 Å². The zero-order chi connectivity index (χ0) is 16.9. The lowest BCUT2D eigenvalue weighted by atomic mass is 10.2. The molecule has 3 rings (SSSR count). The van der Waals surface area contributed by atoms with Crippen molar-refractivity contribution < 1.29 is 0 Å². The predicted molar refractivity (Wildman–Crippen MR) is 105 cm³/mol. The summed E-state index contributed by atoms with van der Waals surface area (Å²) in [5, 5.41) is 8.46. The lowest BCUT2D eigenvalue weighted by Crippen LogP contribution is -2.08. The van der Waals surface area contributed by atoms with E-state index < -0.39 is 0 Å². The maximum absolute atomic E-state index is 4.30. The Hall–Kier alpha value is -2.66. The lowest BCUT2D eigenvalue weighted by molar-refractivity contribution is 0.890. The Morgan fingerprint density at radius 3 is 2.50 bits per heavy atom. The first-order chi connectivity index (χ1) is 11.6. The number of hydrogen-bond acceptors (Lipinski definition) is 4. The van der Waals surface area contributed by atoms with Gasteiger partial charge in [0.1, 0.15) is 0 Å². The molecule has 0 fully saturated rings. The summed E-state index contributed by atoms with van der Waals surface area (Å²) in [6.45, 7) is 0. The summed E-state index contributed by atoms with van der Waals surface area (Å²) >= 11 is 1.64. The average Bonchev–Trinajstić information content (AvgIpc) is 2.91. The van der Waals surface area contributed by atoms with Crippen LogP contribution in [0.25, 0.3) is 16.3 Å². The molecule has 0 amide bonds. The minimum atomic E-state index is 0.885. The minimum Gasteiger partial charge on any atom is -0.378 e. The number of fused-ring (bicyclic) bond motifs is 1. The molecule has 0 bridgehead atoms. The maximum Gasteiger partial charge on any atom is 0.211 e. The van der Waals surface area contributed by atoms with Crippen molar-refractivity contribution in [3.05, 3.63) is 65.0 Å². The fourth-order valence-electron chi connectivity index (χ4n) is 2.34. The van der Waals surface area contributed by atoms with Gasteiger partial charge in [0, 0.05) is 33.0 Å². The molecule has 5 heteroatoms. The summed E-state index contributed by atoms with van der Waals surface area (Å²) < 4.78 is 3.27. The van der Waals surface area contributed by atoms with Gasteiger partial charge in [-0.2, -0.15) is 5.10 Å². The molecule has 0 saturated heterocycles. The molecular formula is C19H20N4S. The molecular weight excluding hydrogens is 316 g/mol. The van der Waals surface area contributed by atoms with Gasteiger partial charge in [0.05, 0.1) is 10.2 Å². The van der Waals surface area contributed by atoms with E-state index in [-0.39, 0.29) is 0 Å². The van der Waals surface area contributed by atoms with E-state index in [4.69, 9.17) is 0 Å². The molecule has 1 aromatic heterocycles. The Labute approximate surface area is 145 Å². The van der Waals surface area contributed by atoms with E-state index in [0.717, 1.165) is 10.4 Å². The molecule has 3 aromatic rings.